The van der Waals surface area contributed by atoms with E-state index in [9.17, 15) is 18.0 Å². The van der Waals surface area contributed by atoms with Gasteiger partial charge in [0.25, 0.3) is 10.0 Å². The third-order valence-electron chi connectivity index (χ3n) is 10.6. The maximum atomic E-state index is 16.0. The largest absolute Gasteiger partial charge is 0.453 e. The minimum absolute atomic E-state index is 0.0153. The molecular formula is C37H38FN7O6S. The van der Waals surface area contributed by atoms with E-state index < -0.39 is 39.7 Å². The first kappa shape index (κ1) is 33.8. The maximum absolute atomic E-state index is 16.0. The molecule has 0 spiro atoms. The lowest BCUT2D eigenvalue weighted by Gasteiger charge is -2.44. The van der Waals surface area contributed by atoms with Gasteiger partial charge in [-0.25, -0.2) is 27.0 Å². The molecule has 2 aromatic carbocycles. The van der Waals surface area contributed by atoms with E-state index in [1.54, 1.807) is 36.9 Å². The predicted molar refractivity (Wildman–Crippen MR) is 192 cm³/mol. The van der Waals surface area contributed by atoms with Crippen molar-refractivity contribution in [3.8, 4) is 22.4 Å². The minimum atomic E-state index is -4.41. The number of rotatable bonds is 4. The van der Waals surface area contributed by atoms with Gasteiger partial charge in [-0.3, -0.25) is 13.8 Å². The second kappa shape index (κ2) is 12.4. The van der Waals surface area contributed by atoms with Crippen LogP contribution in [-0.2, 0) is 40.0 Å². The number of benzene rings is 2. The number of hydrogen-bond acceptors (Lipinski definition) is 8. The highest BCUT2D eigenvalue weighted by molar-refractivity contribution is 7.90. The van der Waals surface area contributed by atoms with Crippen LogP contribution in [0.15, 0.2) is 76.7 Å². The number of amides is 1. The molecule has 0 unspecified atom stereocenters. The van der Waals surface area contributed by atoms with Crippen molar-refractivity contribution in [1.29, 1.82) is 0 Å². The van der Waals surface area contributed by atoms with Crippen LogP contribution in [0, 0.1) is 5.95 Å². The van der Waals surface area contributed by atoms with Gasteiger partial charge < -0.3 is 14.8 Å². The molecule has 3 aliphatic rings. The van der Waals surface area contributed by atoms with Crippen molar-refractivity contribution in [2.45, 2.75) is 61.6 Å². The fraction of sp³-hybridized carbons (Fsp3) is 0.351. The lowest BCUT2D eigenvalue weighted by molar-refractivity contribution is -0.0446. The summed E-state index contributed by atoms with van der Waals surface area (Å²) in [5.41, 5.74) is 1.93. The molecule has 15 heteroatoms. The summed E-state index contributed by atoms with van der Waals surface area (Å²) < 4.78 is 62.7. The third kappa shape index (κ3) is 5.24. The number of aryl methyl sites for hydroxylation is 3. The van der Waals surface area contributed by atoms with Gasteiger partial charge in [0, 0.05) is 38.5 Å². The van der Waals surface area contributed by atoms with Crippen molar-refractivity contribution >= 4 is 38.2 Å². The molecule has 1 fully saturated rings. The van der Waals surface area contributed by atoms with Crippen LogP contribution in [0.2, 0.25) is 0 Å². The first-order valence-electron chi connectivity index (χ1n) is 17.1. The van der Waals surface area contributed by atoms with E-state index in [4.69, 9.17) is 14.5 Å². The van der Waals surface area contributed by atoms with Crippen LogP contribution in [0.25, 0.3) is 44.5 Å². The Bertz CT molecular complexity index is 2540. The van der Waals surface area contributed by atoms with Crippen LogP contribution < -0.4 is 11.0 Å². The quantitative estimate of drug-likeness (QED) is 0.258. The summed E-state index contributed by atoms with van der Waals surface area (Å²) in [6.07, 6.45) is 4.60. The standard InChI is InChI=1S/C37H38FN7O6S/c1-37(40-35(46)50-4)17-16-24-19-28(37)51-18-8-9-22-12-14-23(15-13-22)29-30-32-27(43(3)36(47)44(24)32)20-39-34(30)45(31(29)26-21-42(2)41-33(26)38)52(48,49)25-10-6-5-7-11-25/h5-7,10-15,20-21,24,28H,8-9,16-19H2,1-4H3,(H,40,46)/t24-,28+,37+/m0/s1. The van der Waals surface area contributed by atoms with E-state index in [-0.39, 0.29) is 27.5 Å². The number of halogens is 1. The Hall–Kier alpha value is -5.28. The monoisotopic (exact) mass is 727 g/mol. The number of carbonyl (C=O) groups excluding carboxylic acids is 1. The Balaban J connectivity index is 1.51. The van der Waals surface area contributed by atoms with Crippen molar-refractivity contribution in [3.63, 3.8) is 0 Å². The van der Waals surface area contributed by atoms with Gasteiger partial charge in [-0.05, 0) is 62.3 Å². The van der Waals surface area contributed by atoms with E-state index in [2.05, 4.69) is 10.4 Å². The molecule has 0 radical (unpaired) electrons. The summed E-state index contributed by atoms with van der Waals surface area (Å²) in [7, 11) is 0.124. The van der Waals surface area contributed by atoms with Gasteiger partial charge in [0.05, 0.1) is 57.5 Å². The van der Waals surface area contributed by atoms with E-state index in [1.807, 2.05) is 31.2 Å². The summed E-state index contributed by atoms with van der Waals surface area (Å²) in [6, 6.07) is 15.2. The molecule has 0 saturated heterocycles. The molecule has 1 amide bonds. The average Bonchev–Trinajstić information content (AvgIpc) is 3.75. The van der Waals surface area contributed by atoms with Crippen molar-refractivity contribution in [2.75, 3.05) is 13.7 Å². The lowest BCUT2D eigenvalue weighted by Crippen LogP contribution is -2.58. The molecule has 9 rings (SSSR count). The van der Waals surface area contributed by atoms with Crippen LogP contribution in [0.1, 0.15) is 44.2 Å². The molecule has 13 nitrogen and oxygen atoms in total. The molecule has 6 aromatic rings. The van der Waals surface area contributed by atoms with Gasteiger partial charge in [-0.1, -0.05) is 42.5 Å². The van der Waals surface area contributed by atoms with Crippen molar-refractivity contribution in [3.05, 3.63) is 89.0 Å². The topological polar surface area (TPSA) is 144 Å². The number of ether oxygens (including phenoxy) is 2. The zero-order valence-electron chi connectivity index (χ0n) is 29.2. The molecule has 6 heterocycles. The molecular weight excluding hydrogens is 690 g/mol. The third-order valence-corrected chi connectivity index (χ3v) is 12.3. The first-order valence-corrected chi connectivity index (χ1v) is 18.6. The van der Waals surface area contributed by atoms with E-state index in [1.165, 1.54) is 40.9 Å². The molecule has 3 atom stereocenters. The zero-order valence-corrected chi connectivity index (χ0v) is 30.0. The number of imidazole rings is 1. The van der Waals surface area contributed by atoms with E-state index >= 15 is 4.39 Å². The van der Waals surface area contributed by atoms with Crippen molar-refractivity contribution in [1.82, 2.24) is 33.2 Å². The minimum Gasteiger partial charge on any atom is -0.453 e. The number of fused-ring (bicyclic) bond motifs is 5. The highest BCUT2D eigenvalue weighted by atomic mass is 32.2. The smallest absolute Gasteiger partial charge is 0.407 e. The van der Waals surface area contributed by atoms with Crippen molar-refractivity contribution in [2.24, 2.45) is 14.1 Å². The van der Waals surface area contributed by atoms with Gasteiger partial charge >= 0.3 is 11.8 Å². The molecule has 4 aromatic heterocycles. The summed E-state index contributed by atoms with van der Waals surface area (Å²) in [5.74, 6) is -0.857. The number of alkyl carbamates (subject to hydrolysis) is 1. The SMILES string of the molecule is COC(=O)N[C@]1(C)CC[C@H]2C[C@H]1OCCCc1ccc(cc1)-c1c(-c3cn(C)nc3F)n(S(=O)(=O)c3ccccc3)c3ncc4c(c13)n2c(=O)n4C. The predicted octanol–water partition coefficient (Wildman–Crippen LogP) is 5.30. The molecule has 2 aliphatic heterocycles. The number of carbonyl (C=O) groups is 1. The number of nitrogens with one attached hydrogen (secondary N) is 1. The van der Waals surface area contributed by atoms with Gasteiger partial charge in [0.1, 0.15) is 0 Å². The fourth-order valence-electron chi connectivity index (χ4n) is 7.96. The van der Waals surface area contributed by atoms with Crippen LogP contribution in [0.5, 0.6) is 0 Å². The average molecular weight is 728 g/mol. The van der Waals surface area contributed by atoms with Crippen LogP contribution in [0.3, 0.4) is 0 Å². The number of methoxy groups -OCH3 is 1. The first-order chi connectivity index (χ1) is 24.9. The Morgan fingerprint density at radius 3 is 2.56 bits per heavy atom. The van der Waals surface area contributed by atoms with Gasteiger partial charge in [0.15, 0.2) is 5.65 Å². The summed E-state index contributed by atoms with van der Waals surface area (Å²) in [5, 5.41) is 7.33. The molecule has 4 bridgehead atoms. The lowest BCUT2D eigenvalue weighted by atomic mass is 9.78. The number of aromatic nitrogens is 6. The Labute approximate surface area is 298 Å². The number of hydrogen-bond donors (Lipinski definition) is 1. The van der Waals surface area contributed by atoms with Crippen LogP contribution in [-0.4, -0.2) is 67.7 Å². The highest BCUT2D eigenvalue weighted by Gasteiger charge is 2.44. The molecule has 270 valence electrons. The van der Waals surface area contributed by atoms with E-state index in [0.717, 1.165) is 9.54 Å². The molecule has 52 heavy (non-hydrogen) atoms. The number of nitrogens with zero attached hydrogens (tertiary/aromatic N) is 6. The Morgan fingerprint density at radius 2 is 1.87 bits per heavy atom. The zero-order chi connectivity index (χ0) is 36.5. The van der Waals surface area contributed by atoms with Gasteiger partial charge in [0.2, 0.25) is 5.95 Å². The molecule has 1 saturated carbocycles. The highest BCUT2D eigenvalue weighted by Crippen LogP contribution is 2.47. The van der Waals surface area contributed by atoms with Crippen LogP contribution >= 0.6 is 0 Å². The number of pyridine rings is 1. The fourth-order valence-corrected chi connectivity index (χ4v) is 9.47. The van der Waals surface area contributed by atoms with Crippen molar-refractivity contribution < 1.29 is 27.1 Å². The summed E-state index contributed by atoms with van der Waals surface area (Å²) >= 11 is 0. The second-order valence-corrected chi connectivity index (χ2v) is 15.6. The summed E-state index contributed by atoms with van der Waals surface area (Å²) in [4.78, 5) is 31.6. The normalized spacial score (nSPS) is 20.6. The Kier molecular flexibility index (Phi) is 8.10. The summed E-state index contributed by atoms with van der Waals surface area (Å²) in [6.45, 7) is 2.34. The van der Waals surface area contributed by atoms with Gasteiger partial charge in [-0.2, -0.15) is 4.39 Å². The second-order valence-electron chi connectivity index (χ2n) is 13.8. The van der Waals surface area contributed by atoms with E-state index in [0.29, 0.717) is 66.3 Å². The van der Waals surface area contributed by atoms with Crippen LogP contribution in [0.4, 0.5) is 9.18 Å². The maximum Gasteiger partial charge on any atom is 0.407 e. The molecule has 1 N–H and O–H groups in total. The van der Waals surface area contributed by atoms with Gasteiger partial charge in [-0.15, -0.1) is 5.10 Å². The Morgan fingerprint density at radius 1 is 1.12 bits per heavy atom. The molecule has 1 aliphatic carbocycles.